The predicted octanol–water partition coefficient (Wildman–Crippen LogP) is 3.11. The van der Waals surface area contributed by atoms with Gasteiger partial charge in [0.25, 0.3) is 0 Å². The standard InChI is InChI=1S/C21H20N2O3/c24-21(14-16-3-6-18(7-4-16)23-9-1-2-10-23)22-15-17-5-8-19-20(13-17)26-12-11-25-19/h1-10,13H,11-12,14-15H2,(H,22,24). The zero-order chi connectivity index (χ0) is 17.8. The lowest BCUT2D eigenvalue weighted by atomic mass is 10.1. The number of hydrogen-bond acceptors (Lipinski definition) is 3. The Morgan fingerprint density at radius 1 is 0.923 bits per heavy atom. The van der Waals surface area contributed by atoms with Crippen molar-refractivity contribution < 1.29 is 14.3 Å². The Balaban J connectivity index is 1.32. The molecule has 0 saturated heterocycles. The third kappa shape index (κ3) is 3.72. The van der Waals surface area contributed by atoms with Gasteiger partial charge in [0.2, 0.25) is 5.91 Å². The molecule has 0 bridgehead atoms. The molecule has 26 heavy (non-hydrogen) atoms. The average molecular weight is 348 g/mol. The fourth-order valence-corrected chi connectivity index (χ4v) is 2.94. The number of benzene rings is 2. The smallest absolute Gasteiger partial charge is 0.224 e. The molecule has 1 N–H and O–H groups in total. The van der Waals surface area contributed by atoms with Gasteiger partial charge in [-0.05, 0) is 47.5 Å². The third-order valence-corrected chi connectivity index (χ3v) is 4.30. The number of fused-ring (bicyclic) bond motifs is 1. The van der Waals surface area contributed by atoms with Crippen molar-refractivity contribution in [1.82, 2.24) is 9.88 Å². The number of amides is 1. The Morgan fingerprint density at radius 3 is 2.38 bits per heavy atom. The molecule has 0 fully saturated rings. The summed E-state index contributed by atoms with van der Waals surface area (Å²) in [5.41, 5.74) is 3.06. The molecule has 2 aromatic carbocycles. The van der Waals surface area contributed by atoms with Crippen LogP contribution in [0.5, 0.6) is 11.5 Å². The average Bonchev–Trinajstić information content (AvgIpc) is 3.22. The first-order valence-electron chi connectivity index (χ1n) is 8.65. The summed E-state index contributed by atoms with van der Waals surface area (Å²) >= 11 is 0. The Kier molecular flexibility index (Phi) is 4.60. The van der Waals surface area contributed by atoms with Crippen LogP contribution in [0, 0.1) is 0 Å². The number of carbonyl (C=O) groups excluding carboxylic acids is 1. The van der Waals surface area contributed by atoms with Gasteiger partial charge >= 0.3 is 0 Å². The molecule has 1 amide bonds. The van der Waals surface area contributed by atoms with Gasteiger partial charge in [0.15, 0.2) is 11.5 Å². The number of hydrogen-bond donors (Lipinski definition) is 1. The molecule has 5 nitrogen and oxygen atoms in total. The maximum Gasteiger partial charge on any atom is 0.224 e. The topological polar surface area (TPSA) is 52.5 Å². The highest BCUT2D eigenvalue weighted by atomic mass is 16.6. The van der Waals surface area contributed by atoms with Crippen LogP contribution in [0.4, 0.5) is 0 Å². The van der Waals surface area contributed by atoms with Crippen molar-refractivity contribution >= 4 is 5.91 Å². The molecule has 4 rings (SSSR count). The minimum absolute atomic E-state index is 0.00592. The molecule has 0 unspecified atom stereocenters. The van der Waals surface area contributed by atoms with Crippen molar-refractivity contribution in [2.75, 3.05) is 13.2 Å². The summed E-state index contributed by atoms with van der Waals surface area (Å²) < 4.78 is 13.1. The van der Waals surface area contributed by atoms with E-state index >= 15 is 0 Å². The maximum atomic E-state index is 12.2. The molecule has 0 aliphatic carbocycles. The van der Waals surface area contributed by atoms with E-state index in [1.165, 1.54) is 0 Å². The van der Waals surface area contributed by atoms with Crippen LogP contribution in [0.2, 0.25) is 0 Å². The van der Waals surface area contributed by atoms with E-state index in [0.717, 1.165) is 28.3 Å². The van der Waals surface area contributed by atoms with E-state index in [0.29, 0.717) is 26.2 Å². The fraction of sp³-hybridized carbons (Fsp3) is 0.190. The molecule has 1 aliphatic heterocycles. The predicted molar refractivity (Wildman–Crippen MR) is 98.8 cm³/mol. The zero-order valence-corrected chi connectivity index (χ0v) is 14.4. The van der Waals surface area contributed by atoms with Crippen molar-refractivity contribution in [1.29, 1.82) is 0 Å². The van der Waals surface area contributed by atoms with E-state index in [2.05, 4.69) is 5.32 Å². The lowest BCUT2D eigenvalue weighted by molar-refractivity contribution is -0.120. The molecule has 132 valence electrons. The summed E-state index contributed by atoms with van der Waals surface area (Å²) in [5, 5.41) is 2.96. The van der Waals surface area contributed by atoms with Gasteiger partial charge in [-0.25, -0.2) is 0 Å². The van der Waals surface area contributed by atoms with Gasteiger partial charge in [0.1, 0.15) is 13.2 Å². The Bertz CT molecular complexity index is 886. The SMILES string of the molecule is O=C(Cc1ccc(-n2cccc2)cc1)NCc1ccc2c(c1)OCCO2. The highest BCUT2D eigenvalue weighted by Crippen LogP contribution is 2.30. The second-order valence-electron chi connectivity index (χ2n) is 6.19. The van der Waals surface area contributed by atoms with Crippen LogP contribution in [-0.2, 0) is 17.8 Å². The second-order valence-corrected chi connectivity index (χ2v) is 6.19. The highest BCUT2D eigenvalue weighted by molar-refractivity contribution is 5.78. The van der Waals surface area contributed by atoms with Crippen LogP contribution in [0.15, 0.2) is 67.0 Å². The second kappa shape index (κ2) is 7.35. The Labute approximate surface area is 152 Å². The van der Waals surface area contributed by atoms with E-state index < -0.39 is 0 Å². The highest BCUT2D eigenvalue weighted by Gasteiger charge is 2.12. The molecule has 3 aromatic rings. The van der Waals surface area contributed by atoms with Crippen LogP contribution < -0.4 is 14.8 Å². The Morgan fingerprint density at radius 2 is 1.62 bits per heavy atom. The molecular formula is C21H20N2O3. The van der Waals surface area contributed by atoms with E-state index in [-0.39, 0.29) is 5.91 Å². The van der Waals surface area contributed by atoms with Crippen LogP contribution in [0.1, 0.15) is 11.1 Å². The molecule has 0 saturated carbocycles. The van der Waals surface area contributed by atoms with Crippen LogP contribution in [-0.4, -0.2) is 23.7 Å². The monoisotopic (exact) mass is 348 g/mol. The first-order chi connectivity index (χ1) is 12.8. The van der Waals surface area contributed by atoms with Gasteiger partial charge in [-0.3, -0.25) is 4.79 Å². The van der Waals surface area contributed by atoms with E-state index in [4.69, 9.17) is 9.47 Å². The fourth-order valence-electron chi connectivity index (χ4n) is 2.94. The number of rotatable bonds is 5. The summed E-state index contributed by atoms with van der Waals surface area (Å²) in [6, 6.07) is 17.7. The lowest BCUT2D eigenvalue weighted by Crippen LogP contribution is -2.24. The number of nitrogens with one attached hydrogen (secondary N) is 1. The van der Waals surface area contributed by atoms with Crippen molar-refractivity contribution in [2.45, 2.75) is 13.0 Å². The number of nitrogens with zero attached hydrogens (tertiary/aromatic N) is 1. The van der Waals surface area contributed by atoms with Gasteiger partial charge < -0.3 is 19.4 Å². The van der Waals surface area contributed by atoms with E-state index in [9.17, 15) is 4.79 Å². The molecule has 1 aromatic heterocycles. The van der Waals surface area contributed by atoms with Crippen LogP contribution >= 0.6 is 0 Å². The van der Waals surface area contributed by atoms with Crippen molar-refractivity contribution in [3.63, 3.8) is 0 Å². The van der Waals surface area contributed by atoms with Crippen LogP contribution in [0.3, 0.4) is 0 Å². The largest absolute Gasteiger partial charge is 0.486 e. The normalized spacial score (nSPS) is 12.6. The third-order valence-electron chi connectivity index (χ3n) is 4.30. The molecule has 0 radical (unpaired) electrons. The molecular weight excluding hydrogens is 328 g/mol. The minimum atomic E-state index is -0.00592. The summed E-state index contributed by atoms with van der Waals surface area (Å²) in [6.07, 6.45) is 4.35. The van der Waals surface area contributed by atoms with E-state index in [1.807, 2.05) is 71.6 Å². The number of carbonyl (C=O) groups is 1. The van der Waals surface area contributed by atoms with Gasteiger partial charge in [-0.1, -0.05) is 18.2 Å². The number of ether oxygens (including phenoxy) is 2. The zero-order valence-electron chi connectivity index (χ0n) is 14.4. The van der Waals surface area contributed by atoms with Gasteiger partial charge in [0.05, 0.1) is 6.42 Å². The lowest BCUT2D eigenvalue weighted by Gasteiger charge is -2.19. The summed E-state index contributed by atoms with van der Waals surface area (Å²) in [5.74, 6) is 1.49. The first-order valence-corrected chi connectivity index (χ1v) is 8.65. The summed E-state index contributed by atoms with van der Waals surface area (Å²) in [6.45, 7) is 1.60. The molecule has 5 heteroatoms. The van der Waals surface area contributed by atoms with Gasteiger partial charge in [-0.2, -0.15) is 0 Å². The first kappa shape index (κ1) is 16.3. The molecule has 1 aliphatic rings. The summed E-state index contributed by atoms with van der Waals surface area (Å²) in [4.78, 5) is 12.2. The maximum absolute atomic E-state index is 12.2. The number of aromatic nitrogens is 1. The van der Waals surface area contributed by atoms with Crippen molar-refractivity contribution in [2.24, 2.45) is 0 Å². The molecule has 0 spiro atoms. The Hall–Kier alpha value is -3.21. The van der Waals surface area contributed by atoms with Gasteiger partial charge in [0, 0.05) is 24.6 Å². The molecule has 2 heterocycles. The minimum Gasteiger partial charge on any atom is -0.486 e. The molecule has 0 atom stereocenters. The van der Waals surface area contributed by atoms with Gasteiger partial charge in [-0.15, -0.1) is 0 Å². The van der Waals surface area contributed by atoms with Crippen molar-refractivity contribution in [3.8, 4) is 17.2 Å². The quantitative estimate of drug-likeness (QED) is 0.771. The van der Waals surface area contributed by atoms with E-state index in [1.54, 1.807) is 0 Å². The van der Waals surface area contributed by atoms with Crippen LogP contribution in [0.25, 0.3) is 5.69 Å². The van der Waals surface area contributed by atoms with Crippen molar-refractivity contribution in [3.05, 3.63) is 78.1 Å². The summed E-state index contributed by atoms with van der Waals surface area (Å²) in [7, 11) is 0.